The van der Waals surface area contributed by atoms with E-state index >= 15 is 0 Å². The monoisotopic (exact) mass is 340 g/mol. The van der Waals surface area contributed by atoms with Crippen LogP contribution < -0.4 is 0 Å². The van der Waals surface area contributed by atoms with Gasteiger partial charge in [0.15, 0.2) is 0 Å². The molecule has 2 nitrogen and oxygen atoms in total. The number of aliphatic hydroxyl groups excluding tert-OH is 2. The third-order valence-corrected chi connectivity index (χ3v) is 6.45. The minimum Gasteiger partial charge on any atom is -0.392 e. The quantitative estimate of drug-likeness (QED) is 0.563. The Hall–Kier alpha value is -0.310. The van der Waals surface area contributed by atoms with E-state index in [2.05, 4.69) is 26.5 Å². The highest BCUT2D eigenvalue weighted by Crippen LogP contribution is 2.47. The van der Waals surface area contributed by atoms with Crippen molar-refractivity contribution in [3.8, 4) is 0 Å². The van der Waals surface area contributed by atoms with E-state index in [1.165, 1.54) is 11.1 Å². The van der Waals surface area contributed by atoms with Crippen molar-refractivity contribution < 1.29 is 10.2 Å². The highest BCUT2D eigenvalue weighted by Gasteiger charge is 2.42. The van der Waals surface area contributed by atoms with Gasteiger partial charge >= 0.3 is 0 Å². The van der Waals surface area contributed by atoms with E-state index < -0.39 is 11.0 Å². The van der Waals surface area contributed by atoms with Gasteiger partial charge in [-0.15, -0.1) is 11.6 Å². The number of aliphatic hydroxyl groups is 2. The van der Waals surface area contributed by atoms with E-state index in [-0.39, 0.29) is 17.9 Å². The Labute approximate surface area is 146 Å². The van der Waals surface area contributed by atoms with E-state index in [4.69, 9.17) is 11.6 Å². The van der Waals surface area contributed by atoms with Crippen molar-refractivity contribution in [2.24, 2.45) is 23.7 Å². The zero-order valence-corrected chi connectivity index (χ0v) is 15.8. The molecule has 1 saturated carbocycles. The number of rotatable bonds is 5. The second-order valence-electron chi connectivity index (χ2n) is 8.30. The van der Waals surface area contributed by atoms with Crippen LogP contribution in [-0.4, -0.2) is 27.3 Å². The minimum absolute atomic E-state index is 0.242. The van der Waals surface area contributed by atoms with Crippen LogP contribution in [0.1, 0.15) is 59.8 Å². The van der Waals surface area contributed by atoms with Crippen LogP contribution in [-0.2, 0) is 0 Å². The number of halogens is 1. The zero-order chi connectivity index (χ0) is 17.4. The lowest BCUT2D eigenvalue weighted by atomic mass is 9.76. The summed E-state index contributed by atoms with van der Waals surface area (Å²) >= 11 is 6.20. The lowest BCUT2D eigenvalue weighted by molar-refractivity contribution is 0.0251. The first kappa shape index (κ1) is 19.0. The van der Waals surface area contributed by atoms with E-state index in [0.29, 0.717) is 18.3 Å². The predicted octanol–water partition coefficient (Wildman–Crippen LogP) is 4.69. The first-order valence-corrected chi connectivity index (χ1v) is 9.40. The van der Waals surface area contributed by atoms with E-state index in [1.807, 2.05) is 13.8 Å². The molecular weight excluding hydrogens is 308 g/mol. The van der Waals surface area contributed by atoms with Gasteiger partial charge in [-0.05, 0) is 70.6 Å². The smallest absolute Gasteiger partial charge is 0.0726 e. The van der Waals surface area contributed by atoms with Gasteiger partial charge in [0, 0.05) is 5.92 Å². The van der Waals surface area contributed by atoms with Crippen LogP contribution in [0.5, 0.6) is 0 Å². The first-order valence-electron chi connectivity index (χ1n) is 9.02. The van der Waals surface area contributed by atoms with Crippen LogP contribution >= 0.6 is 11.6 Å². The summed E-state index contributed by atoms with van der Waals surface area (Å²) in [6.45, 7) is 12.3. The van der Waals surface area contributed by atoms with E-state index in [0.717, 1.165) is 25.7 Å². The molecule has 132 valence electrons. The van der Waals surface area contributed by atoms with Crippen LogP contribution in [0.2, 0.25) is 0 Å². The molecule has 0 amide bonds. The number of alkyl halides is 1. The van der Waals surface area contributed by atoms with E-state index in [1.54, 1.807) is 0 Å². The van der Waals surface area contributed by atoms with Gasteiger partial charge in [0.25, 0.3) is 0 Å². The third kappa shape index (κ3) is 4.21. The largest absolute Gasteiger partial charge is 0.392 e. The molecule has 2 rings (SSSR count). The molecule has 6 unspecified atom stereocenters. The van der Waals surface area contributed by atoms with Crippen LogP contribution in [0.3, 0.4) is 0 Å². The summed E-state index contributed by atoms with van der Waals surface area (Å²) in [5.41, 5.74) is 2.63. The van der Waals surface area contributed by atoms with Gasteiger partial charge in [0.2, 0.25) is 0 Å². The fraction of sp³-hybridized carbons (Fsp3) is 0.800. The van der Waals surface area contributed by atoms with Gasteiger partial charge in [-0.25, -0.2) is 0 Å². The summed E-state index contributed by atoms with van der Waals surface area (Å²) in [5.74, 6) is 1.31. The molecule has 0 aromatic heterocycles. The van der Waals surface area contributed by atoms with Gasteiger partial charge in [-0.3, -0.25) is 0 Å². The standard InChI is InChI=1S/C20H33ClO2/c1-12-6-10-16(13(2)8-11-17(22)20(4,5)21)19(23)18-14(3)7-9-15(12)18/h7,13,15-19,22-23H,1,6,8-11H2,2-5H3. The summed E-state index contributed by atoms with van der Waals surface area (Å²) in [4.78, 5) is -0.591. The Morgan fingerprint density at radius 1 is 1.39 bits per heavy atom. The molecule has 6 atom stereocenters. The van der Waals surface area contributed by atoms with Crippen molar-refractivity contribution in [1.29, 1.82) is 0 Å². The average Bonchev–Trinajstić information content (AvgIpc) is 2.79. The number of hydrogen-bond acceptors (Lipinski definition) is 2. The number of hydrogen-bond donors (Lipinski definition) is 2. The molecule has 2 aliphatic carbocycles. The molecule has 0 aliphatic heterocycles. The van der Waals surface area contributed by atoms with Crippen LogP contribution in [0.4, 0.5) is 0 Å². The molecule has 0 heterocycles. The lowest BCUT2D eigenvalue weighted by Crippen LogP contribution is -2.35. The molecule has 0 bridgehead atoms. The zero-order valence-electron chi connectivity index (χ0n) is 15.1. The molecule has 2 aliphatic rings. The Morgan fingerprint density at radius 3 is 2.65 bits per heavy atom. The van der Waals surface area contributed by atoms with Gasteiger partial charge in [-0.2, -0.15) is 0 Å². The molecule has 0 radical (unpaired) electrons. The Kier molecular flexibility index (Phi) is 6.03. The maximum atomic E-state index is 11.0. The Balaban J connectivity index is 2.03. The highest BCUT2D eigenvalue weighted by molar-refractivity contribution is 6.23. The topological polar surface area (TPSA) is 40.5 Å². The molecule has 1 fully saturated rings. The third-order valence-electron chi connectivity index (χ3n) is 6.20. The van der Waals surface area contributed by atoms with Crippen LogP contribution in [0.25, 0.3) is 0 Å². The molecule has 0 aromatic rings. The summed E-state index contributed by atoms with van der Waals surface area (Å²) in [6, 6.07) is 0. The lowest BCUT2D eigenvalue weighted by Gasteiger charge is -2.33. The maximum Gasteiger partial charge on any atom is 0.0726 e. The van der Waals surface area contributed by atoms with Gasteiger partial charge in [0.05, 0.1) is 17.1 Å². The maximum absolute atomic E-state index is 11.0. The normalized spacial score (nSPS) is 34.6. The molecule has 3 heteroatoms. The van der Waals surface area contributed by atoms with Crippen LogP contribution in [0.15, 0.2) is 23.8 Å². The van der Waals surface area contributed by atoms with E-state index in [9.17, 15) is 10.2 Å². The molecule has 0 saturated heterocycles. The summed E-state index contributed by atoms with van der Waals surface area (Å²) in [6.07, 6.45) is 6.10. The molecule has 2 N–H and O–H groups in total. The Morgan fingerprint density at radius 2 is 2.04 bits per heavy atom. The molecule has 0 aromatic carbocycles. The van der Waals surface area contributed by atoms with Crippen molar-refractivity contribution in [3.05, 3.63) is 23.8 Å². The summed E-state index contributed by atoms with van der Waals surface area (Å²) in [5, 5.41) is 21.2. The van der Waals surface area contributed by atoms with Crippen LogP contribution in [0, 0.1) is 23.7 Å². The molecule has 23 heavy (non-hydrogen) atoms. The van der Waals surface area contributed by atoms with Crippen molar-refractivity contribution >= 4 is 11.6 Å². The minimum atomic E-state index is -0.591. The van der Waals surface area contributed by atoms with Crippen molar-refractivity contribution in [1.82, 2.24) is 0 Å². The fourth-order valence-electron chi connectivity index (χ4n) is 4.41. The summed E-state index contributed by atoms with van der Waals surface area (Å²) in [7, 11) is 0. The average molecular weight is 341 g/mol. The predicted molar refractivity (Wildman–Crippen MR) is 97.6 cm³/mol. The second-order valence-corrected chi connectivity index (χ2v) is 9.28. The van der Waals surface area contributed by atoms with Crippen molar-refractivity contribution in [2.75, 3.05) is 0 Å². The van der Waals surface area contributed by atoms with Gasteiger partial charge in [0.1, 0.15) is 0 Å². The van der Waals surface area contributed by atoms with Gasteiger partial charge in [-0.1, -0.05) is 30.7 Å². The second kappa shape index (κ2) is 7.29. The number of fused-ring (bicyclic) bond motifs is 1. The Bertz CT molecular complexity index is 463. The number of allylic oxidation sites excluding steroid dienone is 2. The van der Waals surface area contributed by atoms with Crippen molar-refractivity contribution in [3.63, 3.8) is 0 Å². The SMILES string of the molecule is C=C1CCC(C(C)CCC(O)C(C)(C)Cl)C(O)C2C(C)=CCC12. The fourth-order valence-corrected chi connectivity index (χ4v) is 4.52. The van der Waals surface area contributed by atoms with Crippen molar-refractivity contribution in [2.45, 2.75) is 76.9 Å². The molecule has 0 spiro atoms. The molecular formula is C20H33ClO2. The summed E-state index contributed by atoms with van der Waals surface area (Å²) < 4.78 is 0. The van der Waals surface area contributed by atoms with Gasteiger partial charge < -0.3 is 10.2 Å². The first-order chi connectivity index (χ1) is 10.6. The highest BCUT2D eigenvalue weighted by atomic mass is 35.5.